The maximum Gasteiger partial charge on any atom is 0.321 e. The van der Waals surface area contributed by atoms with Gasteiger partial charge in [-0.3, -0.25) is 0 Å². The molecule has 1 aromatic rings. The number of ether oxygens (including phenoxy) is 1. The van der Waals surface area contributed by atoms with E-state index in [4.69, 9.17) is 10.00 Å². The van der Waals surface area contributed by atoms with Gasteiger partial charge < -0.3 is 15.0 Å². The van der Waals surface area contributed by atoms with Crippen LogP contribution in [0.15, 0.2) is 24.3 Å². The van der Waals surface area contributed by atoms with Crippen molar-refractivity contribution in [1.82, 2.24) is 4.90 Å². The van der Waals surface area contributed by atoms with Crippen LogP contribution in [0.2, 0.25) is 0 Å². The molecule has 1 N–H and O–H groups in total. The zero-order chi connectivity index (χ0) is 14.4. The van der Waals surface area contributed by atoms with Crippen LogP contribution in [-0.4, -0.2) is 30.6 Å². The maximum absolute atomic E-state index is 12.1. The molecule has 0 radical (unpaired) electrons. The minimum atomic E-state index is -0.0747. The number of carbonyl (C=O) groups is 1. The molecule has 0 aromatic heterocycles. The van der Waals surface area contributed by atoms with Crippen molar-refractivity contribution in [3.63, 3.8) is 0 Å². The molecule has 1 fully saturated rings. The lowest BCUT2D eigenvalue weighted by atomic mass is 10.00. The quantitative estimate of drug-likeness (QED) is 0.921. The van der Waals surface area contributed by atoms with Crippen LogP contribution in [0.1, 0.15) is 19.8 Å². The van der Waals surface area contributed by atoms with Gasteiger partial charge in [-0.2, -0.15) is 5.26 Å². The van der Waals surface area contributed by atoms with E-state index in [9.17, 15) is 4.79 Å². The number of hydrogen-bond donors (Lipinski definition) is 1. The van der Waals surface area contributed by atoms with Crippen molar-refractivity contribution in [3.8, 4) is 11.8 Å². The monoisotopic (exact) mass is 273 g/mol. The molecule has 0 unspecified atom stereocenters. The van der Waals surface area contributed by atoms with Crippen molar-refractivity contribution in [2.45, 2.75) is 19.8 Å². The summed E-state index contributed by atoms with van der Waals surface area (Å²) >= 11 is 0. The van der Waals surface area contributed by atoms with Crippen LogP contribution in [0.3, 0.4) is 0 Å². The Labute approximate surface area is 119 Å². The SMILES string of the molecule is CC1CCN(C(=O)Nc2cccc(OCC#N)c2)CC1. The van der Waals surface area contributed by atoms with Crippen LogP contribution in [0.25, 0.3) is 0 Å². The third kappa shape index (κ3) is 3.89. The van der Waals surface area contributed by atoms with Gasteiger partial charge in [-0.05, 0) is 30.9 Å². The van der Waals surface area contributed by atoms with E-state index >= 15 is 0 Å². The molecule has 0 bridgehead atoms. The highest BCUT2D eigenvalue weighted by Crippen LogP contribution is 2.20. The van der Waals surface area contributed by atoms with Crippen LogP contribution < -0.4 is 10.1 Å². The van der Waals surface area contributed by atoms with Crippen molar-refractivity contribution in [3.05, 3.63) is 24.3 Å². The number of rotatable bonds is 3. The number of likely N-dealkylation sites (tertiary alicyclic amines) is 1. The molecule has 1 aliphatic rings. The fraction of sp³-hybridized carbons (Fsp3) is 0.467. The van der Waals surface area contributed by atoms with E-state index in [1.54, 1.807) is 18.2 Å². The normalized spacial score (nSPS) is 15.5. The summed E-state index contributed by atoms with van der Waals surface area (Å²) in [6, 6.07) is 8.92. The van der Waals surface area contributed by atoms with Crippen molar-refractivity contribution < 1.29 is 9.53 Å². The average molecular weight is 273 g/mol. The molecule has 5 heteroatoms. The second-order valence-electron chi connectivity index (χ2n) is 5.07. The molecule has 0 saturated carbocycles. The van der Waals surface area contributed by atoms with Gasteiger partial charge in [0.1, 0.15) is 11.8 Å². The van der Waals surface area contributed by atoms with Gasteiger partial charge in [-0.25, -0.2) is 4.79 Å². The Kier molecular flexibility index (Phi) is 4.83. The first-order valence-electron chi connectivity index (χ1n) is 6.85. The third-order valence-electron chi connectivity index (χ3n) is 3.46. The smallest absolute Gasteiger partial charge is 0.321 e. The predicted molar refractivity (Wildman–Crippen MR) is 76.5 cm³/mol. The number of anilines is 1. The predicted octanol–water partition coefficient (Wildman–Crippen LogP) is 2.85. The van der Waals surface area contributed by atoms with E-state index in [-0.39, 0.29) is 12.6 Å². The molecular formula is C15H19N3O2. The van der Waals surface area contributed by atoms with Gasteiger partial charge >= 0.3 is 6.03 Å². The van der Waals surface area contributed by atoms with Crippen molar-refractivity contribution >= 4 is 11.7 Å². The van der Waals surface area contributed by atoms with Gasteiger partial charge in [0.2, 0.25) is 0 Å². The van der Waals surface area contributed by atoms with Gasteiger partial charge in [0.25, 0.3) is 0 Å². The number of amides is 2. The summed E-state index contributed by atoms with van der Waals surface area (Å²) in [5.74, 6) is 1.28. The Bertz CT molecular complexity index is 502. The Morgan fingerprint density at radius 2 is 2.25 bits per heavy atom. The lowest BCUT2D eigenvalue weighted by Gasteiger charge is -2.30. The minimum absolute atomic E-state index is 0.00140. The van der Waals surface area contributed by atoms with Gasteiger partial charge in [-0.15, -0.1) is 0 Å². The van der Waals surface area contributed by atoms with Gasteiger partial charge in [0.05, 0.1) is 0 Å². The van der Waals surface area contributed by atoms with Gasteiger partial charge in [-0.1, -0.05) is 13.0 Å². The number of nitrogens with one attached hydrogen (secondary N) is 1. The molecule has 106 valence electrons. The van der Waals surface area contributed by atoms with E-state index in [2.05, 4.69) is 12.2 Å². The molecule has 2 rings (SSSR count). The Balaban J connectivity index is 1.92. The molecule has 1 aromatic carbocycles. The fourth-order valence-electron chi connectivity index (χ4n) is 2.19. The van der Waals surface area contributed by atoms with E-state index in [0.717, 1.165) is 25.9 Å². The standard InChI is InChI=1S/C15H19N3O2/c1-12-5-8-18(9-6-12)15(19)17-13-3-2-4-14(11-13)20-10-7-16/h2-4,11-12H,5-6,8-10H2,1H3,(H,17,19). The number of urea groups is 1. The molecule has 0 atom stereocenters. The summed E-state index contributed by atoms with van der Waals surface area (Å²) in [5.41, 5.74) is 0.684. The highest BCUT2D eigenvalue weighted by Gasteiger charge is 2.20. The van der Waals surface area contributed by atoms with E-state index < -0.39 is 0 Å². The van der Waals surface area contributed by atoms with Crippen LogP contribution in [0.4, 0.5) is 10.5 Å². The first-order valence-corrected chi connectivity index (χ1v) is 6.85. The van der Waals surface area contributed by atoms with Crippen LogP contribution in [0, 0.1) is 17.2 Å². The maximum atomic E-state index is 12.1. The Hall–Kier alpha value is -2.22. The fourth-order valence-corrected chi connectivity index (χ4v) is 2.19. The molecule has 0 spiro atoms. The Morgan fingerprint density at radius 3 is 2.95 bits per heavy atom. The van der Waals surface area contributed by atoms with Gasteiger partial charge in [0, 0.05) is 24.8 Å². The van der Waals surface area contributed by atoms with Crippen LogP contribution in [0.5, 0.6) is 5.75 Å². The summed E-state index contributed by atoms with van der Waals surface area (Å²) in [5, 5.41) is 11.3. The highest BCUT2D eigenvalue weighted by molar-refractivity contribution is 5.89. The lowest BCUT2D eigenvalue weighted by molar-refractivity contribution is 0.186. The first kappa shape index (κ1) is 14.2. The van der Waals surface area contributed by atoms with E-state index in [0.29, 0.717) is 17.4 Å². The van der Waals surface area contributed by atoms with Crippen LogP contribution >= 0.6 is 0 Å². The minimum Gasteiger partial charge on any atom is -0.479 e. The number of nitriles is 1. The third-order valence-corrected chi connectivity index (χ3v) is 3.46. The van der Waals surface area contributed by atoms with Crippen LogP contribution in [-0.2, 0) is 0 Å². The summed E-state index contributed by atoms with van der Waals surface area (Å²) in [6.45, 7) is 3.82. The Morgan fingerprint density at radius 1 is 1.50 bits per heavy atom. The first-order chi connectivity index (χ1) is 9.69. The summed E-state index contributed by atoms with van der Waals surface area (Å²) < 4.78 is 5.21. The van der Waals surface area contributed by atoms with Gasteiger partial charge in [0.15, 0.2) is 6.61 Å². The molecule has 1 saturated heterocycles. The lowest BCUT2D eigenvalue weighted by Crippen LogP contribution is -2.40. The largest absolute Gasteiger partial charge is 0.479 e. The average Bonchev–Trinajstić information content (AvgIpc) is 2.46. The summed E-state index contributed by atoms with van der Waals surface area (Å²) in [6.07, 6.45) is 2.11. The summed E-state index contributed by atoms with van der Waals surface area (Å²) in [4.78, 5) is 14.0. The zero-order valence-corrected chi connectivity index (χ0v) is 11.6. The van der Waals surface area contributed by atoms with Crippen molar-refractivity contribution in [2.24, 2.45) is 5.92 Å². The molecule has 5 nitrogen and oxygen atoms in total. The molecular weight excluding hydrogens is 254 g/mol. The molecule has 2 amide bonds. The number of nitrogens with zero attached hydrogens (tertiary/aromatic N) is 2. The number of benzene rings is 1. The number of carbonyl (C=O) groups excluding carboxylic acids is 1. The number of hydrogen-bond acceptors (Lipinski definition) is 3. The summed E-state index contributed by atoms with van der Waals surface area (Å²) in [7, 11) is 0. The molecule has 1 heterocycles. The zero-order valence-electron chi connectivity index (χ0n) is 11.6. The van der Waals surface area contributed by atoms with E-state index in [1.807, 2.05) is 17.0 Å². The second-order valence-corrected chi connectivity index (χ2v) is 5.07. The van der Waals surface area contributed by atoms with Crippen molar-refractivity contribution in [2.75, 3.05) is 25.0 Å². The molecule has 20 heavy (non-hydrogen) atoms. The second kappa shape index (κ2) is 6.80. The number of piperidine rings is 1. The topological polar surface area (TPSA) is 65.4 Å². The highest BCUT2D eigenvalue weighted by atomic mass is 16.5. The van der Waals surface area contributed by atoms with Crippen molar-refractivity contribution in [1.29, 1.82) is 5.26 Å². The van der Waals surface area contributed by atoms with E-state index in [1.165, 1.54) is 0 Å². The molecule has 1 aliphatic heterocycles. The molecule has 0 aliphatic carbocycles.